The number of methoxy groups -OCH3 is 1. The van der Waals surface area contributed by atoms with E-state index in [2.05, 4.69) is 18.3 Å². The maximum absolute atomic E-state index is 12.7. The van der Waals surface area contributed by atoms with Crippen LogP contribution >= 0.6 is 0 Å². The maximum Gasteiger partial charge on any atom is 0.310 e. The molecular formula is C23H31NO4. The van der Waals surface area contributed by atoms with Gasteiger partial charge >= 0.3 is 5.97 Å². The molecule has 1 aromatic rings. The molecule has 4 fully saturated rings. The smallest absolute Gasteiger partial charge is 0.310 e. The summed E-state index contributed by atoms with van der Waals surface area (Å²) in [5.41, 5.74) is 1.48. The van der Waals surface area contributed by atoms with E-state index < -0.39 is 0 Å². The lowest BCUT2D eigenvalue weighted by atomic mass is 9.53. The zero-order valence-electron chi connectivity index (χ0n) is 16.9. The standard InChI is InChI=1S/C23H31NO4/c1-22-8-5-9-23(14-27-23)20(22)10-16-17(21(25)28-19(16)11-22)13-24-12-15-6-3-4-7-18(15)26-2/h3-4,6-7,16-17,19-20,24H,5,8-14H2,1-2H3/t16-,17+,19-,20-,22-,23+/m1/s1. The number of hydrogen-bond acceptors (Lipinski definition) is 5. The third kappa shape index (κ3) is 2.94. The minimum absolute atomic E-state index is 0.0180. The van der Waals surface area contributed by atoms with Crippen LogP contribution in [0.25, 0.3) is 0 Å². The molecule has 1 aromatic carbocycles. The fraction of sp³-hybridized carbons (Fsp3) is 0.696. The van der Waals surface area contributed by atoms with E-state index in [-0.39, 0.29) is 29.0 Å². The monoisotopic (exact) mass is 385 g/mol. The molecule has 0 radical (unpaired) electrons. The van der Waals surface area contributed by atoms with Crippen molar-refractivity contribution in [3.8, 4) is 5.75 Å². The number of para-hydroxylation sites is 1. The third-order valence-corrected chi connectivity index (χ3v) is 7.95. The van der Waals surface area contributed by atoms with E-state index in [4.69, 9.17) is 14.2 Å². The number of benzene rings is 1. The molecule has 2 saturated heterocycles. The zero-order chi connectivity index (χ0) is 19.4. The first-order valence-corrected chi connectivity index (χ1v) is 10.7. The Morgan fingerprint density at radius 2 is 2.11 bits per heavy atom. The van der Waals surface area contributed by atoms with Crippen LogP contribution in [0.15, 0.2) is 24.3 Å². The molecule has 0 unspecified atom stereocenters. The van der Waals surface area contributed by atoms with Gasteiger partial charge in [0.15, 0.2) is 0 Å². The van der Waals surface area contributed by atoms with Gasteiger partial charge in [-0.2, -0.15) is 0 Å². The number of esters is 1. The summed E-state index contributed by atoms with van der Waals surface area (Å²) in [6.07, 6.45) is 5.81. The largest absolute Gasteiger partial charge is 0.496 e. The number of epoxide rings is 1. The van der Waals surface area contributed by atoms with Crippen molar-refractivity contribution in [1.82, 2.24) is 5.32 Å². The molecule has 1 spiro atoms. The topological polar surface area (TPSA) is 60.1 Å². The number of fused-ring (bicyclic) bond motifs is 3. The number of carbonyl (C=O) groups excluding carboxylic acids is 1. The first-order chi connectivity index (χ1) is 13.5. The molecule has 152 valence electrons. The molecule has 0 aromatic heterocycles. The molecular weight excluding hydrogens is 354 g/mol. The van der Waals surface area contributed by atoms with Crippen molar-refractivity contribution < 1.29 is 19.0 Å². The van der Waals surface area contributed by atoms with Crippen molar-refractivity contribution in [2.45, 2.75) is 57.3 Å². The van der Waals surface area contributed by atoms with Crippen LogP contribution in [0.2, 0.25) is 0 Å². The summed E-state index contributed by atoms with van der Waals surface area (Å²) < 4.78 is 17.3. The average molecular weight is 386 g/mol. The Balaban J connectivity index is 1.27. The second-order valence-electron chi connectivity index (χ2n) is 9.54. The fourth-order valence-corrected chi connectivity index (χ4v) is 6.40. The second-order valence-corrected chi connectivity index (χ2v) is 9.54. The first kappa shape index (κ1) is 18.4. The van der Waals surface area contributed by atoms with Crippen LogP contribution in [0.4, 0.5) is 0 Å². The molecule has 5 nitrogen and oxygen atoms in total. The predicted molar refractivity (Wildman–Crippen MR) is 105 cm³/mol. The molecule has 5 heteroatoms. The van der Waals surface area contributed by atoms with Gasteiger partial charge in [0.25, 0.3) is 0 Å². The highest BCUT2D eigenvalue weighted by Gasteiger charge is 2.64. The van der Waals surface area contributed by atoms with Crippen molar-refractivity contribution in [2.24, 2.45) is 23.2 Å². The van der Waals surface area contributed by atoms with Crippen LogP contribution in [0.3, 0.4) is 0 Å². The molecule has 0 amide bonds. The van der Waals surface area contributed by atoms with E-state index in [9.17, 15) is 4.79 Å². The number of ether oxygens (including phenoxy) is 3. The molecule has 2 aliphatic carbocycles. The Morgan fingerprint density at radius 1 is 1.29 bits per heavy atom. The number of hydrogen-bond donors (Lipinski definition) is 1. The van der Waals surface area contributed by atoms with E-state index in [1.807, 2.05) is 18.2 Å². The van der Waals surface area contributed by atoms with Crippen LogP contribution in [-0.2, 0) is 20.8 Å². The summed E-state index contributed by atoms with van der Waals surface area (Å²) in [6.45, 7) is 4.67. The van der Waals surface area contributed by atoms with Crippen molar-refractivity contribution >= 4 is 5.97 Å². The van der Waals surface area contributed by atoms with Gasteiger partial charge in [0.05, 0.1) is 25.2 Å². The summed E-state index contributed by atoms with van der Waals surface area (Å²) in [7, 11) is 1.69. The van der Waals surface area contributed by atoms with Crippen molar-refractivity contribution in [3.05, 3.63) is 29.8 Å². The third-order valence-electron chi connectivity index (χ3n) is 7.95. The molecule has 6 atom stereocenters. The number of carbonyl (C=O) groups is 1. The highest BCUT2D eigenvalue weighted by molar-refractivity contribution is 5.75. The Morgan fingerprint density at radius 3 is 2.89 bits per heavy atom. The van der Waals surface area contributed by atoms with Crippen molar-refractivity contribution in [1.29, 1.82) is 0 Å². The van der Waals surface area contributed by atoms with Gasteiger partial charge in [-0.3, -0.25) is 4.79 Å². The van der Waals surface area contributed by atoms with Gasteiger partial charge in [-0.15, -0.1) is 0 Å². The van der Waals surface area contributed by atoms with E-state index in [0.717, 1.165) is 30.8 Å². The van der Waals surface area contributed by atoms with Gasteiger partial charge in [-0.1, -0.05) is 25.1 Å². The minimum Gasteiger partial charge on any atom is -0.496 e. The SMILES string of the molecule is COc1ccccc1CNC[C@@H]1C(=O)O[C@@H]2C[C@@]3(C)CCC[C@]4(CO4)[C@@H]3C[C@H]12. The average Bonchev–Trinajstić information content (AvgIpc) is 3.38. The lowest BCUT2D eigenvalue weighted by Crippen LogP contribution is -2.51. The normalized spacial score (nSPS) is 41.3. The van der Waals surface area contributed by atoms with Gasteiger partial charge in [-0.25, -0.2) is 0 Å². The van der Waals surface area contributed by atoms with Crippen LogP contribution < -0.4 is 10.1 Å². The van der Waals surface area contributed by atoms with Gasteiger partial charge < -0.3 is 19.5 Å². The maximum atomic E-state index is 12.7. The summed E-state index contributed by atoms with van der Waals surface area (Å²) >= 11 is 0. The Kier molecular flexibility index (Phi) is 4.44. The van der Waals surface area contributed by atoms with Gasteiger partial charge in [0.1, 0.15) is 11.9 Å². The van der Waals surface area contributed by atoms with Crippen LogP contribution in [0.1, 0.15) is 44.6 Å². The Labute approximate surface area is 167 Å². The summed E-state index contributed by atoms with van der Waals surface area (Å²) in [4.78, 5) is 12.7. The molecule has 0 bridgehead atoms. The minimum atomic E-state index is -0.0537. The fourth-order valence-electron chi connectivity index (χ4n) is 6.40. The number of nitrogens with one attached hydrogen (secondary N) is 1. The van der Waals surface area contributed by atoms with Crippen molar-refractivity contribution in [2.75, 3.05) is 20.3 Å². The lowest BCUT2D eigenvalue weighted by molar-refractivity contribution is -0.147. The van der Waals surface area contributed by atoms with Crippen LogP contribution in [-0.4, -0.2) is 37.9 Å². The second kappa shape index (κ2) is 6.74. The summed E-state index contributed by atoms with van der Waals surface area (Å²) in [6, 6.07) is 8.01. The Hall–Kier alpha value is -1.59. The van der Waals surface area contributed by atoms with E-state index in [0.29, 0.717) is 24.9 Å². The summed E-state index contributed by atoms with van der Waals surface area (Å²) in [5.74, 6) is 1.69. The highest BCUT2D eigenvalue weighted by atomic mass is 16.6. The quantitative estimate of drug-likeness (QED) is 0.622. The molecule has 2 aliphatic heterocycles. The zero-order valence-corrected chi connectivity index (χ0v) is 16.9. The molecule has 2 heterocycles. The molecule has 5 rings (SSSR count). The molecule has 1 N–H and O–H groups in total. The van der Waals surface area contributed by atoms with E-state index in [1.54, 1.807) is 7.11 Å². The summed E-state index contributed by atoms with van der Waals surface area (Å²) in [5, 5.41) is 3.49. The van der Waals surface area contributed by atoms with E-state index in [1.165, 1.54) is 19.3 Å². The van der Waals surface area contributed by atoms with Crippen molar-refractivity contribution in [3.63, 3.8) is 0 Å². The highest BCUT2D eigenvalue weighted by Crippen LogP contribution is 2.62. The predicted octanol–water partition coefficient (Wildman–Crippen LogP) is 3.31. The number of rotatable bonds is 5. The van der Waals surface area contributed by atoms with Crippen LogP contribution in [0.5, 0.6) is 5.75 Å². The molecule has 4 aliphatic rings. The van der Waals surface area contributed by atoms with Crippen LogP contribution in [0, 0.1) is 23.2 Å². The van der Waals surface area contributed by atoms with Gasteiger partial charge in [0.2, 0.25) is 0 Å². The first-order valence-electron chi connectivity index (χ1n) is 10.7. The lowest BCUT2D eigenvalue weighted by Gasteiger charge is -2.51. The van der Waals surface area contributed by atoms with Gasteiger partial charge in [-0.05, 0) is 49.5 Å². The molecule has 2 saturated carbocycles. The Bertz CT molecular complexity index is 761. The van der Waals surface area contributed by atoms with Gasteiger partial charge in [0, 0.05) is 24.6 Å². The molecule has 28 heavy (non-hydrogen) atoms. The van der Waals surface area contributed by atoms with E-state index >= 15 is 0 Å².